The lowest BCUT2D eigenvalue weighted by Gasteiger charge is -2.26. The smallest absolute Gasteiger partial charge is 0.253 e. The van der Waals surface area contributed by atoms with E-state index in [9.17, 15) is 9.59 Å². The molecule has 1 amide bonds. The molecule has 1 heterocycles. The zero-order valence-corrected chi connectivity index (χ0v) is 11.3. The van der Waals surface area contributed by atoms with Crippen LogP contribution in [0.15, 0.2) is 22.7 Å². The van der Waals surface area contributed by atoms with E-state index in [-0.39, 0.29) is 11.7 Å². The highest BCUT2D eigenvalue weighted by Gasteiger charge is 2.21. The van der Waals surface area contributed by atoms with E-state index in [4.69, 9.17) is 0 Å². The second-order valence-electron chi connectivity index (χ2n) is 4.29. The van der Waals surface area contributed by atoms with Crippen molar-refractivity contribution in [1.29, 1.82) is 0 Å². The van der Waals surface area contributed by atoms with Gasteiger partial charge in [-0.3, -0.25) is 9.59 Å². The summed E-state index contributed by atoms with van der Waals surface area (Å²) < 4.78 is 0.941. The first-order chi connectivity index (χ1) is 8.08. The number of nitrogens with zero attached hydrogens (tertiary/aromatic N) is 1. The molecule has 0 unspecified atom stereocenters. The van der Waals surface area contributed by atoms with Gasteiger partial charge in [0.25, 0.3) is 5.91 Å². The molecule has 1 aromatic carbocycles. The fourth-order valence-corrected chi connectivity index (χ4v) is 2.25. The van der Waals surface area contributed by atoms with Crippen molar-refractivity contribution < 1.29 is 9.59 Å². The monoisotopic (exact) mass is 295 g/mol. The highest BCUT2D eigenvalue weighted by molar-refractivity contribution is 9.10. The van der Waals surface area contributed by atoms with E-state index in [1.54, 1.807) is 4.90 Å². The maximum absolute atomic E-state index is 12.2. The van der Waals surface area contributed by atoms with Crippen molar-refractivity contribution in [2.45, 2.75) is 19.8 Å². The highest BCUT2D eigenvalue weighted by atomic mass is 79.9. The van der Waals surface area contributed by atoms with E-state index in [0.29, 0.717) is 31.5 Å². The number of carbonyl (C=O) groups is 2. The summed E-state index contributed by atoms with van der Waals surface area (Å²) in [5, 5.41) is 0. The van der Waals surface area contributed by atoms with Gasteiger partial charge in [-0.2, -0.15) is 0 Å². The Labute approximate surface area is 109 Å². The summed E-state index contributed by atoms with van der Waals surface area (Å²) in [7, 11) is 0. The molecule has 1 aliphatic heterocycles. The van der Waals surface area contributed by atoms with Gasteiger partial charge in [-0.25, -0.2) is 0 Å². The number of aryl methyl sites for hydroxylation is 1. The van der Waals surface area contributed by atoms with Gasteiger partial charge in [0.2, 0.25) is 0 Å². The molecule has 0 aromatic heterocycles. The maximum atomic E-state index is 12.2. The van der Waals surface area contributed by atoms with Crippen LogP contribution in [0.3, 0.4) is 0 Å². The number of rotatable bonds is 1. The summed E-state index contributed by atoms with van der Waals surface area (Å²) in [4.78, 5) is 25.0. The third kappa shape index (κ3) is 2.75. The molecule has 90 valence electrons. The number of hydrogen-bond donors (Lipinski definition) is 0. The van der Waals surface area contributed by atoms with E-state index in [0.717, 1.165) is 10.0 Å². The van der Waals surface area contributed by atoms with Crippen LogP contribution in [0.1, 0.15) is 28.8 Å². The van der Waals surface area contributed by atoms with E-state index < -0.39 is 0 Å². The molecule has 0 spiro atoms. The minimum absolute atomic E-state index is 0.0122. The zero-order chi connectivity index (χ0) is 12.4. The second kappa shape index (κ2) is 5.00. The van der Waals surface area contributed by atoms with Gasteiger partial charge in [0.05, 0.1) is 0 Å². The van der Waals surface area contributed by atoms with Crippen molar-refractivity contribution in [2.75, 3.05) is 13.1 Å². The predicted octanol–water partition coefficient (Wildman–Crippen LogP) is 2.56. The van der Waals surface area contributed by atoms with Crippen molar-refractivity contribution in [3.8, 4) is 0 Å². The van der Waals surface area contributed by atoms with Crippen LogP contribution in [0.5, 0.6) is 0 Å². The van der Waals surface area contributed by atoms with E-state index in [1.807, 2.05) is 25.1 Å². The standard InChI is InChI=1S/C13H14BrNO2/c1-9-2-3-10(8-12(9)14)13(17)15-6-4-11(16)5-7-15/h2-3,8H,4-7H2,1H3. The molecule has 0 radical (unpaired) electrons. The first kappa shape index (κ1) is 12.3. The van der Waals surface area contributed by atoms with Gasteiger partial charge in [0, 0.05) is 36.0 Å². The second-order valence-corrected chi connectivity index (χ2v) is 5.15. The van der Waals surface area contributed by atoms with Gasteiger partial charge < -0.3 is 4.90 Å². The number of carbonyl (C=O) groups excluding carboxylic acids is 2. The Kier molecular flexibility index (Phi) is 3.62. The fourth-order valence-electron chi connectivity index (χ4n) is 1.87. The van der Waals surface area contributed by atoms with Gasteiger partial charge in [0.1, 0.15) is 5.78 Å². The first-order valence-electron chi connectivity index (χ1n) is 5.65. The number of piperidine rings is 1. The number of halogens is 1. The summed E-state index contributed by atoms with van der Waals surface area (Å²) in [6.07, 6.45) is 0.970. The molecular weight excluding hydrogens is 282 g/mol. The molecule has 1 aromatic rings. The molecule has 0 N–H and O–H groups in total. The highest BCUT2D eigenvalue weighted by Crippen LogP contribution is 2.19. The van der Waals surface area contributed by atoms with Crippen LogP contribution in [0.2, 0.25) is 0 Å². The lowest BCUT2D eigenvalue weighted by molar-refractivity contribution is -0.120. The van der Waals surface area contributed by atoms with E-state index >= 15 is 0 Å². The Morgan fingerprint density at radius 1 is 1.29 bits per heavy atom. The molecule has 0 bridgehead atoms. The van der Waals surface area contributed by atoms with Crippen LogP contribution < -0.4 is 0 Å². The molecule has 2 rings (SSSR count). The molecule has 3 nitrogen and oxygen atoms in total. The normalized spacial score (nSPS) is 16.1. The summed E-state index contributed by atoms with van der Waals surface area (Å²) in [6, 6.07) is 5.60. The van der Waals surface area contributed by atoms with Gasteiger partial charge in [-0.05, 0) is 24.6 Å². The van der Waals surface area contributed by atoms with Crippen LogP contribution in [0, 0.1) is 6.92 Å². The first-order valence-corrected chi connectivity index (χ1v) is 6.44. The van der Waals surface area contributed by atoms with Crippen LogP contribution in [-0.4, -0.2) is 29.7 Å². The number of ketones is 1. The van der Waals surface area contributed by atoms with Crippen molar-refractivity contribution in [2.24, 2.45) is 0 Å². The van der Waals surface area contributed by atoms with Crippen LogP contribution in [0.4, 0.5) is 0 Å². The van der Waals surface area contributed by atoms with Crippen LogP contribution in [-0.2, 0) is 4.79 Å². The van der Waals surface area contributed by atoms with Gasteiger partial charge in [-0.15, -0.1) is 0 Å². The number of likely N-dealkylation sites (tertiary alicyclic amines) is 1. The molecule has 0 atom stereocenters. The molecule has 17 heavy (non-hydrogen) atoms. The molecule has 1 aliphatic rings. The average Bonchev–Trinajstić information content (AvgIpc) is 2.33. The Morgan fingerprint density at radius 2 is 1.94 bits per heavy atom. The van der Waals surface area contributed by atoms with Crippen molar-refractivity contribution >= 4 is 27.6 Å². The average molecular weight is 296 g/mol. The zero-order valence-electron chi connectivity index (χ0n) is 9.70. The summed E-state index contributed by atoms with van der Waals surface area (Å²) in [6.45, 7) is 3.07. The molecular formula is C13H14BrNO2. The fraction of sp³-hybridized carbons (Fsp3) is 0.385. The predicted molar refractivity (Wildman–Crippen MR) is 69.0 cm³/mol. The third-order valence-corrected chi connectivity index (χ3v) is 3.88. The van der Waals surface area contributed by atoms with Crippen LogP contribution >= 0.6 is 15.9 Å². The largest absolute Gasteiger partial charge is 0.338 e. The Bertz CT molecular complexity index is 460. The van der Waals surface area contributed by atoms with E-state index in [2.05, 4.69) is 15.9 Å². The number of amides is 1. The van der Waals surface area contributed by atoms with Crippen molar-refractivity contribution in [3.63, 3.8) is 0 Å². The number of hydrogen-bond acceptors (Lipinski definition) is 2. The number of benzene rings is 1. The van der Waals surface area contributed by atoms with Gasteiger partial charge in [0.15, 0.2) is 0 Å². The maximum Gasteiger partial charge on any atom is 0.253 e. The number of Topliss-reactive ketones (excluding diaryl/α,β-unsaturated/α-hetero) is 1. The molecule has 1 saturated heterocycles. The lowest BCUT2D eigenvalue weighted by Crippen LogP contribution is -2.38. The van der Waals surface area contributed by atoms with Gasteiger partial charge >= 0.3 is 0 Å². The molecule has 0 aliphatic carbocycles. The van der Waals surface area contributed by atoms with Crippen LogP contribution in [0.25, 0.3) is 0 Å². The SMILES string of the molecule is Cc1ccc(C(=O)N2CCC(=O)CC2)cc1Br. The minimum Gasteiger partial charge on any atom is -0.338 e. The summed E-state index contributed by atoms with van der Waals surface area (Å²) in [5.41, 5.74) is 1.78. The lowest BCUT2D eigenvalue weighted by atomic mass is 10.1. The topological polar surface area (TPSA) is 37.4 Å². The molecule has 0 saturated carbocycles. The summed E-state index contributed by atoms with van der Waals surface area (Å²) >= 11 is 3.42. The molecule has 4 heteroatoms. The molecule has 1 fully saturated rings. The van der Waals surface area contributed by atoms with Crippen molar-refractivity contribution in [3.05, 3.63) is 33.8 Å². The van der Waals surface area contributed by atoms with Gasteiger partial charge in [-0.1, -0.05) is 22.0 Å². The Hall–Kier alpha value is -1.16. The third-order valence-electron chi connectivity index (χ3n) is 3.03. The van der Waals surface area contributed by atoms with E-state index in [1.165, 1.54) is 0 Å². The Balaban J connectivity index is 2.14. The van der Waals surface area contributed by atoms with Crippen molar-refractivity contribution in [1.82, 2.24) is 4.90 Å². The summed E-state index contributed by atoms with van der Waals surface area (Å²) in [5.74, 6) is 0.261. The quantitative estimate of drug-likeness (QED) is 0.798. The minimum atomic E-state index is 0.0122. The Morgan fingerprint density at radius 3 is 2.53 bits per heavy atom.